The van der Waals surface area contributed by atoms with Crippen LogP contribution in [0.1, 0.15) is 13.3 Å². The van der Waals surface area contributed by atoms with E-state index in [2.05, 4.69) is 15.9 Å². The van der Waals surface area contributed by atoms with E-state index >= 15 is 0 Å². The standard InChI is InChI=1S/C14H16BrNO5/c1-8(21-11-4-2-9(15)3-5-11)13(18)16-7-10(17)6-12(16)14(19)20/h2-5,8,10,12,17H,6-7H2,1H3,(H,19,20)/t8?,10-,12-/m0/s1. The number of carboxylic acids is 1. The molecule has 21 heavy (non-hydrogen) atoms. The van der Waals surface area contributed by atoms with Gasteiger partial charge in [0, 0.05) is 17.4 Å². The Hall–Kier alpha value is -1.60. The van der Waals surface area contributed by atoms with E-state index in [1.165, 1.54) is 0 Å². The highest BCUT2D eigenvalue weighted by Gasteiger charge is 2.40. The molecule has 1 aliphatic rings. The molecule has 0 saturated carbocycles. The van der Waals surface area contributed by atoms with Gasteiger partial charge in [-0.15, -0.1) is 0 Å². The molecule has 1 unspecified atom stereocenters. The first-order valence-corrected chi connectivity index (χ1v) is 7.31. The summed E-state index contributed by atoms with van der Waals surface area (Å²) in [5.41, 5.74) is 0. The highest BCUT2D eigenvalue weighted by atomic mass is 79.9. The first kappa shape index (κ1) is 15.8. The second kappa shape index (κ2) is 6.44. The zero-order valence-electron chi connectivity index (χ0n) is 11.4. The van der Waals surface area contributed by atoms with Crippen molar-refractivity contribution in [3.63, 3.8) is 0 Å². The Morgan fingerprint density at radius 2 is 2.00 bits per heavy atom. The van der Waals surface area contributed by atoms with Crippen molar-refractivity contribution < 1.29 is 24.5 Å². The average molecular weight is 358 g/mol. The van der Waals surface area contributed by atoms with E-state index in [9.17, 15) is 14.7 Å². The summed E-state index contributed by atoms with van der Waals surface area (Å²) in [6.45, 7) is 1.58. The Morgan fingerprint density at radius 3 is 2.57 bits per heavy atom. The van der Waals surface area contributed by atoms with Crippen LogP contribution in [-0.2, 0) is 9.59 Å². The number of rotatable bonds is 4. The van der Waals surface area contributed by atoms with E-state index in [1.54, 1.807) is 31.2 Å². The predicted molar refractivity (Wildman–Crippen MR) is 78.0 cm³/mol. The van der Waals surface area contributed by atoms with Gasteiger partial charge < -0.3 is 19.8 Å². The second-order valence-corrected chi connectivity index (χ2v) is 5.86. The largest absolute Gasteiger partial charge is 0.481 e. The van der Waals surface area contributed by atoms with Gasteiger partial charge in [0.25, 0.3) is 5.91 Å². The molecule has 7 heteroatoms. The smallest absolute Gasteiger partial charge is 0.326 e. The monoisotopic (exact) mass is 357 g/mol. The van der Waals surface area contributed by atoms with Crippen molar-refractivity contribution in [2.45, 2.75) is 31.6 Å². The van der Waals surface area contributed by atoms with Crippen molar-refractivity contribution in [1.82, 2.24) is 4.90 Å². The third-order valence-electron chi connectivity index (χ3n) is 3.32. The van der Waals surface area contributed by atoms with E-state index in [0.717, 1.165) is 9.37 Å². The maximum absolute atomic E-state index is 12.3. The van der Waals surface area contributed by atoms with Crippen molar-refractivity contribution in [2.24, 2.45) is 0 Å². The van der Waals surface area contributed by atoms with Gasteiger partial charge in [-0.25, -0.2) is 4.79 Å². The van der Waals surface area contributed by atoms with Crippen molar-refractivity contribution in [3.05, 3.63) is 28.7 Å². The van der Waals surface area contributed by atoms with Gasteiger partial charge in [-0.2, -0.15) is 0 Å². The van der Waals surface area contributed by atoms with Crippen LogP contribution in [0.15, 0.2) is 28.7 Å². The van der Waals surface area contributed by atoms with Gasteiger partial charge in [0.05, 0.1) is 6.10 Å². The van der Waals surface area contributed by atoms with Crippen LogP contribution in [0.5, 0.6) is 5.75 Å². The molecule has 114 valence electrons. The minimum atomic E-state index is -1.12. The van der Waals surface area contributed by atoms with Gasteiger partial charge in [0.2, 0.25) is 0 Å². The number of likely N-dealkylation sites (tertiary alicyclic amines) is 1. The zero-order valence-corrected chi connectivity index (χ0v) is 13.0. The van der Waals surface area contributed by atoms with Crippen molar-refractivity contribution in [3.8, 4) is 5.75 Å². The number of hydrogen-bond donors (Lipinski definition) is 2. The maximum atomic E-state index is 12.3. The summed E-state index contributed by atoms with van der Waals surface area (Å²) in [6, 6.07) is 5.99. The van der Waals surface area contributed by atoms with Crippen molar-refractivity contribution >= 4 is 27.8 Å². The number of β-amino-alcohol motifs (C(OH)–C–C–N with tert-alkyl or cyclic N) is 1. The van der Waals surface area contributed by atoms with E-state index in [0.29, 0.717) is 5.75 Å². The molecule has 0 radical (unpaired) electrons. The summed E-state index contributed by atoms with van der Waals surface area (Å²) in [5, 5.41) is 18.7. The van der Waals surface area contributed by atoms with Gasteiger partial charge in [-0.3, -0.25) is 4.79 Å². The molecule has 0 aromatic heterocycles. The molecule has 6 nitrogen and oxygen atoms in total. The molecule has 2 N–H and O–H groups in total. The summed E-state index contributed by atoms with van der Waals surface area (Å²) in [5.74, 6) is -1.04. The zero-order chi connectivity index (χ0) is 15.6. The molecule has 3 atom stereocenters. The number of aliphatic hydroxyl groups is 1. The van der Waals surface area contributed by atoms with Crippen LogP contribution in [0, 0.1) is 0 Å². The van der Waals surface area contributed by atoms with Crippen LogP contribution in [0.4, 0.5) is 0 Å². The minimum absolute atomic E-state index is 0.0177. The fourth-order valence-corrected chi connectivity index (χ4v) is 2.56. The molecular formula is C14H16BrNO5. The number of carbonyl (C=O) groups is 2. The molecule has 1 heterocycles. The summed E-state index contributed by atoms with van der Waals surface area (Å²) in [6.07, 6.45) is -1.58. The fourth-order valence-electron chi connectivity index (χ4n) is 2.29. The average Bonchev–Trinajstić information content (AvgIpc) is 2.82. The summed E-state index contributed by atoms with van der Waals surface area (Å²) in [7, 11) is 0. The van der Waals surface area contributed by atoms with E-state index in [-0.39, 0.29) is 13.0 Å². The molecule has 1 aromatic carbocycles. The normalized spacial score (nSPS) is 22.9. The minimum Gasteiger partial charge on any atom is -0.481 e. The van der Waals surface area contributed by atoms with Gasteiger partial charge in [0.15, 0.2) is 6.10 Å². The molecule has 0 bridgehead atoms. The molecule has 1 aliphatic heterocycles. The van der Waals surface area contributed by atoms with Gasteiger partial charge in [0.1, 0.15) is 11.8 Å². The van der Waals surface area contributed by atoms with Crippen LogP contribution in [0.2, 0.25) is 0 Å². The maximum Gasteiger partial charge on any atom is 0.326 e. The number of aliphatic hydroxyl groups excluding tert-OH is 1. The number of aliphatic carboxylic acids is 1. The van der Waals surface area contributed by atoms with Crippen molar-refractivity contribution in [1.29, 1.82) is 0 Å². The van der Waals surface area contributed by atoms with Crippen LogP contribution in [0.3, 0.4) is 0 Å². The first-order chi connectivity index (χ1) is 9.88. The molecule has 2 rings (SSSR count). The quantitative estimate of drug-likeness (QED) is 0.846. The highest BCUT2D eigenvalue weighted by Crippen LogP contribution is 2.22. The summed E-state index contributed by atoms with van der Waals surface area (Å²) >= 11 is 3.30. The number of amides is 1. The molecular weight excluding hydrogens is 342 g/mol. The lowest BCUT2D eigenvalue weighted by Crippen LogP contribution is -2.46. The lowest BCUT2D eigenvalue weighted by molar-refractivity contribution is -0.150. The molecule has 1 saturated heterocycles. The lowest BCUT2D eigenvalue weighted by Gasteiger charge is -2.25. The topological polar surface area (TPSA) is 87.1 Å². The van der Waals surface area contributed by atoms with Crippen LogP contribution >= 0.6 is 15.9 Å². The molecule has 1 aromatic rings. The second-order valence-electron chi connectivity index (χ2n) is 4.95. The molecule has 0 spiro atoms. The van der Waals surface area contributed by atoms with Crippen molar-refractivity contribution in [2.75, 3.05) is 6.54 Å². The predicted octanol–water partition coefficient (Wildman–Crippen LogP) is 1.26. The Labute approximate surface area is 130 Å². The van der Waals surface area contributed by atoms with Crippen LogP contribution < -0.4 is 4.74 Å². The van der Waals surface area contributed by atoms with E-state index < -0.39 is 30.1 Å². The SMILES string of the molecule is CC(Oc1ccc(Br)cc1)C(=O)N1C[C@@H](O)C[C@H]1C(=O)O. The van der Waals surface area contributed by atoms with Gasteiger partial charge >= 0.3 is 5.97 Å². The van der Waals surface area contributed by atoms with E-state index in [4.69, 9.17) is 9.84 Å². The number of nitrogens with zero attached hydrogens (tertiary/aromatic N) is 1. The van der Waals surface area contributed by atoms with Crippen LogP contribution in [0.25, 0.3) is 0 Å². The number of hydrogen-bond acceptors (Lipinski definition) is 4. The lowest BCUT2D eigenvalue weighted by atomic mass is 10.2. The van der Waals surface area contributed by atoms with Crippen LogP contribution in [-0.4, -0.2) is 51.8 Å². The number of halogens is 1. The number of carboxylic acid groups (broad SMARTS) is 1. The fraction of sp³-hybridized carbons (Fsp3) is 0.429. The third-order valence-corrected chi connectivity index (χ3v) is 3.85. The number of ether oxygens (including phenoxy) is 1. The molecule has 1 amide bonds. The summed E-state index contributed by atoms with van der Waals surface area (Å²) < 4.78 is 6.41. The van der Waals surface area contributed by atoms with Gasteiger partial charge in [-0.1, -0.05) is 15.9 Å². The van der Waals surface area contributed by atoms with E-state index in [1.807, 2.05) is 0 Å². The summed E-state index contributed by atoms with van der Waals surface area (Å²) in [4.78, 5) is 24.6. The first-order valence-electron chi connectivity index (χ1n) is 6.52. The Balaban J connectivity index is 2.04. The third kappa shape index (κ3) is 3.74. The highest BCUT2D eigenvalue weighted by molar-refractivity contribution is 9.10. The Bertz CT molecular complexity index is 533. The molecule has 0 aliphatic carbocycles. The number of benzene rings is 1. The number of carbonyl (C=O) groups excluding carboxylic acids is 1. The Morgan fingerprint density at radius 1 is 1.38 bits per heavy atom. The Kier molecular flexibility index (Phi) is 4.84. The van der Waals surface area contributed by atoms with Gasteiger partial charge in [-0.05, 0) is 31.2 Å². The molecule has 1 fully saturated rings.